The lowest BCUT2D eigenvalue weighted by Crippen LogP contribution is -2.41. The number of thioether (sulfide) groups is 1. The largest absolute Gasteiger partial charge is 0.468 e. The molecule has 0 aliphatic rings. The minimum Gasteiger partial charge on any atom is -0.468 e. The van der Waals surface area contributed by atoms with Gasteiger partial charge in [-0.2, -0.15) is 11.8 Å². The number of carbonyl (C=O) groups excluding carboxylic acids is 1. The van der Waals surface area contributed by atoms with E-state index in [1.807, 2.05) is 19.1 Å². The van der Waals surface area contributed by atoms with Crippen molar-refractivity contribution in [2.24, 2.45) is 0 Å². The van der Waals surface area contributed by atoms with Gasteiger partial charge in [-0.05, 0) is 48.9 Å². The van der Waals surface area contributed by atoms with Crippen LogP contribution in [0, 0.1) is 6.92 Å². The van der Waals surface area contributed by atoms with Crippen molar-refractivity contribution in [3.05, 3.63) is 83.3 Å². The standard InChI is InChI=1S/C22H23ClN2O4S2/c1-17-9-10-18(14-21(17)23)25(31(27,28)20-7-3-2-4-8-20)15-22(26)24-11-13-30-16-19-6-5-12-29-19/h2-10,12,14H,11,13,15-16H2,1H3,(H,24,26). The smallest absolute Gasteiger partial charge is 0.264 e. The van der Waals surface area contributed by atoms with Crippen molar-refractivity contribution >= 4 is 45.0 Å². The van der Waals surface area contributed by atoms with Crippen LogP contribution in [0.3, 0.4) is 0 Å². The Morgan fingerprint density at radius 2 is 1.90 bits per heavy atom. The normalized spacial score (nSPS) is 11.3. The topological polar surface area (TPSA) is 79.6 Å². The number of aryl methyl sites for hydroxylation is 1. The van der Waals surface area contributed by atoms with E-state index in [9.17, 15) is 13.2 Å². The van der Waals surface area contributed by atoms with Gasteiger partial charge < -0.3 is 9.73 Å². The number of amides is 1. The summed E-state index contributed by atoms with van der Waals surface area (Å²) < 4.78 is 32.9. The van der Waals surface area contributed by atoms with Gasteiger partial charge in [-0.3, -0.25) is 9.10 Å². The second-order valence-corrected chi connectivity index (χ2v) is 10.1. The molecule has 1 heterocycles. The number of anilines is 1. The summed E-state index contributed by atoms with van der Waals surface area (Å²) in [6, 6.07) is 16.7. The Morgan fingerprint density at radius 1 is 1.13 bits per heavy atom. The van der Waals surface area contributed by atoms with Gasteiger partial charge >= 0.3 is 0 Å². The molecular formula is C22H23ClN2O4S2. The zero-order valence-corrected chi connectivity index (χ0v) is 19.3. The van der Waals surface area contributed by atoms with E-state index >= 15 is 0 Å². The highest BCUT2D eigenvalue weighted by atomic mass is 35.5. The van der Waals surface area contributed by atoms with Crippen LogP contribution < -0.4 is 9.62 Å². The highest BCUT2D eigenvalue weighted by molar-refractivity contribution is 7.98. The van der Waals surface area contributed by atoms with Crippen molar-refractivity contribution in [3.63, 3.8) is 0 Å². The number of furan rings is 1. The van der Waals surface area contributed by atoms with Gasteiger partial charge in [0.15, 0.2) is 0 Å². The van der Waals surface area contributed by atoms with Crippen LogP contribution in [-0.2, 0) is 20.6 Å². The number of carbonyl (C=O) groups is 1. The third-order valence-corrected chi connectivity index (χ3v) is 7.63. The molecule has 0 unspecified atom stereocenters. The molecule has 0 fully saturated rings. The maximum Gasteiger partial charge on any atom is 0.264 e. The number of halogens is 1. The third-order valence-electron chi connectivity index (χ3n) is 4.45. The van der Waals surface area contributed by atoms with E-state index < -0.39 is 15.9 Å². The van der Waals surface area contributed by atoms with E-state index in [4.69, 9.17) is 16.0 Å². The van der Waals surface area contributed by atoms with Gasteiger partial charge in [-0.15, -0.1) is 0 Å². The molecule has 31 heavy (non-hydrogen) atoms. The molecule has 0 atom stereocenters. The fraction of sp³-hybridized carbons (Fsp3) is 0.227. The summed E-state index contributed by atoms with van der Waals surface area (Å²) in [6.07, 6.45) is 1.62. The van der Waals surface area contributed by atoms with Gasteiger partial charge in [0.25, 0.3) is 10.0 Å². The molecule has 0 aliphatic carbocycles. The molecule has 2 aromatic carbocycles. The van der Waals surface area contributed by atoms with E-state index in [1.54, 1.807) is 54.4 Å². The molecule has 0 spiro atoms. The van der Waals surface area contributed by atoms with Crippen molar-refractivity contribution in [2.45, 2.75) is 17.6 Å². The predicted octanol–water partition coefficient (Wildman–Crippen LogP) is 4.49. The average Bonchev–Trinajstić information content (AvgIpc) is 3.28. The van der Waals surface area contributed by atoms with E-state index in [0.29, 0.717) is 28.8 Å². The lowest BCUT2D eigenvalue weighted by atomic mass is 10.2. The first-order valence-electron chi connectivity index (χ1n) is 9.58. The van der Waals surface area contributed by atoms with Gasteiger partial charge in [0.2, 0.25) is 5.91 Å². The molecule has 0 bridgehead atoms. The molecule has 0 radical (unpaired) electrons. The van der Waals surface area contributed by atoms with Crippen LogP contribution in [0.1, 0.15) is 11.3 Å². The van der Waals surface area contributed by atoms with E-state index in [2.05, 4.69) is 5.32 Å². The fourth-order valence-corrected chi connectivity index (χ4v) is 5.15. The Labute approximate surface area is 191 Å². The van der Waals surface area contributed by atoms with Crippen LogP contribution >= 0.6 is 23.4 Å². The van der Waals surface area contributed by atoms with Crippen LogP contribution in [-0.4, -0.2) is 33.2 Å². The van der Waals surface area contributed by atoms with Crippen LogP contribution in [0.4, 0.5) is 5.69 Å². The molecular weight excluding hydrogens is 456 g/mol. The molecule has 3 rings (SSSR count). The van der Waals surface area contributed by atoms with Gasteiger partial charge in [0.05, 0.1) is 22.6 Å². The summed E-state index contributed by atoms with van der Waals surface area (Å²) in [5, 5.41) is 3.21. The first-order valence-corrected chi connectivity index (χ1v) is 12.6. The summed E-state index contributed by atoms with van der Waals surface area (Å²) in [5.74, 6) is 1.86. The fourth-order valence-electron chi connectivity index (χ4n) is 2.79. The van der Waals surface area contributed by atoms with Gasteiger partial charge in [-0.1, -0.05) is 35.9 Å². The monoisotopic (exact) mass is 478 g/mol. The summed E-state index contributed by atoms with van der Waals surface area (Å²) in [4.78, 5) is 12.7. The molecule has 3 aromatic rings. The SMILES string of the molecule is Cc1ccc(N(CC(=O)NCCSCc2ccco2)S(=O)(=O)c2ccccc2)cc1Cl. The first-order chi connectivity index (χ1) is 14.9. The summed E-state index contributed by atoms with van der Waals surface area (Å²) in [5.41, 5.74) is 1.15. The van der Waals surface area contributed by atoms with E-state index in [-0.39, 0.29) is 11.4 Å². The van der Waals surface area contributed by atoms with Crippen LogP contribution in [0.15, 0.2) is 76.2 Å². The molecule has 164 valence electrons. The molecule has 0 saturated heterocycles. The predicted molar refractivity (Wildman–Crippen MR) is 125 cm³/mol. The number of hydrogen-bond acceptors (Lipinski definition) is 5. The first kappa shape index (κ1) is 23.2. The molecule has 6 nitrogen and oxygen atoms in total. The minimum absolute atomic E-state index is 0.105. The zero-order chi connectivity index (χ0) is 22.3. The Balaban J connectivity index is 1.69. The zero-order valence-electron chi connectivity index (χ0n) is 17.0. The Morgan fingerprint density at radius 3 is 2.58 bits per heavy atom. The Kier molecular flexibility index (Phi) is 8.06. The van der Waals surface area contributed by atoms with E-state index in [1.165, 1.54) is 12.1 Å². The molecule has 9 heteroatoms. The summed E-state index contributed by atoms with van der Waals surface area (Å²) in [6.45, 7) is 1.90. The molecule has 0 aliphatic heterocycles. The maximum atomic E-state index is 13.3. The summed E-state index contributed by atoms with van der Waals surface area (Å²) in [7, 11) is -3.95. The number of sulfonamides is 1. The highest BCUT2D eigenvalue weighted by Crippen LogP contribution is 2.27. The van der Waals surface area contributed by atoms with Crippen molar-refractivity contribution < 1.29 is 17.6 Å². The number of benzene rings is 2. The van der Waals surface area contributed by atoms with Gasteiger partial charge in [0.1, 0.15) is 12.3 Å². The lowest BCUT2D eigenvalue weighted by Gasteiger charge is -2.24. The lowest BCUT2D eigenvalue weighted by molar-refractivity contribution is -0.119. The maximum absolute atomic E-state index is 13.3. The van der Waals surface area contributed by atoms with E-state index in [0.717, 1.165) is 15.6 Å². The van der Waals surface area contributed by atoms with Crippen molar-refractivity contribution in [3.8, 4) is 0 Å². The van der Waals surface area contributed by atoms with Crippen molar-refractivity contribution in [2.75, 3.05) is 23.1 Å². The highest BCUT2D eigenvalue weighted by Gasteiger charge is 2.27. The van der Waals surface area contributed by atoms with Crippen LogP contribution in [0.2, 0.25) is 5.02 Å². The molecule has 1 aromatic heterocycles. The number of nitrogens with one attached hydrogen (secondary N) is 1. The Bertz CT molecular complexity index is 1100. The average molecular weight is 479 g/mol. The third kappa shape index (κ3) is 6.29. The number of rotatable bonds is 10. The Hall–Kier alpha value is -2.42. The second-order valence-electron chi connectivity index (χ2n) is 6.74. The minimum atomic E-state index is -3.95. The van der Waals surface area contributed by atoms with Crippen molar-refractivity contribution in [1.29, 1.82) is 0 Å². The molecule has 0 saturated carbocycles. The van der Waals surface area contributed by atoms with Crippen LogP contribution in [0.25, 0.3) is 0 Å². The summed E-state index contributed by atoms with van der Waals surface area (Å²) >= 11 is 7.84. The number of nitrogens with zero attached hydrogens (tertiary/aromatic N) is 1. The van der Waals surface area contributed by atoms with Crippen molar-refractivity contribution in [1.82, 2.24) is 5.32 Å². The second kappa shape index (κ2) is 10.7. The number of hydrogen-bond donors (Lipinski definition) is 1. The van der Waals surface area contributed by atoms with Gasteiger partial charge in [0, 0.05) is 17.3 Å². The molecule has 1 N–H and O–H groups in total. The quantitative estimate of drug-likeness (QED) is 0.434. The van der Waals surface area contributed by atoms with Crippen LogP contribution in [0.5, 0.6) is 0 Å². The van der Waals surface area contributed by atoms with Gasteiger partial charge in [-0.25, -0.2) is 8.42 Å². The molecule has 1 amide bonds.